The van der Waals surface area contributed by atoms with Crippen molar-refractivity contribution in [1.82, 2.24) is 0 Å². The summed E-state index contributed by atoms with van der Waals surface area (Å²) < 4.78 is 3.67. The van der Waals surface area contributed by atoms with Gasteiger partial charge in [-0.25, -0.2) is 4.79 Å². The predicted octanol–water partition coefficient (Wildman–Crippen LogP) is 1.73. The van der Waals surface area contributed by atoms with E-state index in [-0.39, 0.29) is 5.34 Å². The van der Waals surface area contributed by atoms with Crippen molar-refractivity contribution >= 4 is 29.4 Å². The molecular formula is C3H6Cl2O3. The number of carboxylic acid groups (broad SMARTS) is 1. The fourth-order valence-electron chi connectivity index (χ4n) is 0. The highest BCUT2D eigenvalue weighted by Crippen LogP contribution is 1.73. The lowest BCUT2D eigenvalue weighted by atomic mass is 11.4. The van der Waals surface area contributed by atoms with Crippen LogP contribution in [0.5, 0.6) is 0 Å². The summed E-state index contributed by atoms with van der Waals surface area (Å²) >= 11 is 9.53. The highest BCUT2D eigenvalue weighted by atomic mass is 35.5. The summed E-state index contributed by atoms with van der Waals surface area (Å²) in [6, 6.07) is 0. The lowest BCUT2D eigenvalue weighted by molar-refractivity contribution is 0.114. The molecule has 0 aliphatic carbocycles. The van der Waals surface area contributed by atoms with Crippen molar-refractivity contribution in [2.75, 3.05) is 12.4 Å². The highest BCUT2D eigenvalue weighted by Gasteiger charge is 1.80. The van der Waals surface area contributed by atoms with Gasteiger partial charge in [0.25, 0.3) is 0 Å². The van der Waals surface area contributed by atoms with E-state index in [1.54, 1.807) is 0 Å². The van der Waals surface area contributed by atoms with Gasteiger partial charge in [-0.15, -0.1) is 23.2 Å². The van der Waals surface area contributed by atoms with Gasteiger partial charge in [0, 0.05) is 0 Å². The van der Waals surface area contributed by atoms with E-state index < -0.39 is 6.16 Å². The van der Waals surface area contributed by atoms with Crippen molar-refractivity contribution in [3.8, 4) is 0 Å². The minimum absolute atomic E-state index is 0.194. The fourth-order valence-corrected chi connectivity index (χ4v) is 0. The number of halogens is 2. The quantitative estimate of drug-likeness (QED) is 0.434. The molecule has 3 nitrogen and oxygen atoms in total. The van der Waals surface area contributed by atoms with E-state index in [1.807, 2.05) is 0 Å². The van der Waals surface area contributed by atoms with E-state index in [4.69, 9.17) is 33.1 Å². The van der Waals surface area contributed by atoms with Crippen LogP contribution in [0.25, 0.3) is 0 Å². The van der Waals surface area contributed by atoms with Crippen LogP contribution in [-0.2, 0) is 4.74 Å². The van der Waals surface area contributed by atoms with Crippen LogP contribution in [0.1, 0.15) is 0 Å². The van der Waals surface area contributed by atoms with Gasteiger partial charge >= 0.3 is 6.16 Å². The first kappa shape index (κ1) is 10.8. The van der Waals surface area contributed by atoms with Gasteiger partial charge in [-0.3, -0.25) is 0 Å². The molecule has 0 heterocycles. The van der Waals surface area contributed by atoms with Gasteiger partial charge in [0.05, 0.1) is 12.4 Å². The molecule has 0 unspecified atom stereocenters. The number of ether oxygens (including phenoxy) is 1. The third-order valence-corrected chi connectivity index (χ3v) is 0.175. The Labute approximate surface area is 57.2 Å². The maximum atomic E-state index is 9.15. The van der Waals surface area contributed by atoms with Crippen LogP contribution in [0.4, 0.5) is 4.79 Å². The van der Waals surface area contributed by atoms with E-state index in [1.165, 1.54) is 0 Å². The zero-order valence-electron chi connectivity index (χ0n) is 4.23. The van der Waals surface area contributed by atoms with Gasteiger partial charge in [-0.1, -0.05) is 0 Å². The Balaban J connectivity index is 0. The van der Waals surface area contributed by atoms with E-state index in [0.717, 1.165) is 7.11 Å². The van der Waals surface area contributed by atoms with Crippen molar-refractivity contribution < 1.29 is 14.6 Å². The molecule has 0 aromatic rings. The normalized spacial score (nSPS) is 6.38. The Hall–Kier alpha value is -0.150. The predicted molar refractivity (Wildman–Crippen MR) is 31.6 cm³/mol. The Bertz CT molecular complexity index is 56.5. The fraction of sp³-hybridized carbons (Fsp3) is 0.667. The summed E-state index contributed by atoms with van der Waals surface area (Å²) in [5, 5.41) is 7.69. The first-order valence-corrected chi connectivity index (χ1v) is 2.64. The lowest BCUT2D eigenvalue weighted by Gasteiger charge is -1.79. The van der Waals surface area contributed by atoms with Crippen LogP contribution in [0, 0.1) is 0 Å². The Morgan fingerprint density at radius 1 is 1.75 bits per heavy atom. The number of methoxy groups -OCH3 is 1. The number of hydrogen-bond donors (Lipinski definition) is 1. The number of hydrogen-bond acceptors (Lipinski definition) is 2. The van der Waals surface area contributed by atoms with Gasteiger partial charge in [-0.05, 0) is 0 Å². The number of rotatable bonds is 0. The summed E-state index contributed by atoms with van der Waals surface area (Å²) in [7, 11) is 1.10. The molecule has 0 aliphatic heterocycles. The third kappa shape index (κ3) is 40.2. The summed E-state index contributed by atoms with van der Waals surface area (Å²) in [6.07, 6.45) is -1.25. The largest absolute Gasteiger partial charge is 0.505 e. The second-order valence-corrected chi connectivity index (χ2v) is 1.38. The van der Waals surface area contributed by atoms with Crippen molar-refractivity contribution in [3.63, 3.8) is 0 Å². The standard InChI is InChI=1S/C2H4O3.CH2Cl2/c1-5-2(3)4;2-1-3/h1H3,(H,3,4);1H2. The molecule has 0 bridgehead atoms. The smallest absolute Gasteiger partial charge is 0.450 e. The second-order valence-electron chi connectivity index (χ2n) is 0.571. The molecule has 0 atom stereocenters. The maximum absolute atomic E-state index is 9.15. The summed E-state index contributed by atoms with van der Waals surface area (Å²) in [5.74, 6) is 0. The molecule has 0 aromatic heterocycles. The van der Waals surface area contributed by atoms with E-state index >= 15 is 0 Å². The average Bonchev–Trinajstić information content (AvgIpc) is 1.69. The molecule has 0 spiro atoms. The highest BCUT2D eigenvalue weighted by molar-refractivity contribution is 6.40. The topological polar surface area (TPSA) is 46.5 Å². The maximum Gasteiger partial charge on any atom is 0.505 e. The minimum Gasteiger partial charge on any atom is -0.450 e. The molecule has 0 saturated carbocycles. The van der Waals surface area contributed by atoms with Crippen LogP contribution in [-0.4, -0.2) is 23.7 Å². The molecule has 5 heteroatoms. The summed E-state index contributed by atoms with van der Waals surface area (Å²) in [6.45, 7) is 0. The monoisotopic (exact) mass is 160 g/mol. The van der Waals surface area contributed by atoms with Crippen molar-refractivity contribution in [2.24, 2.45) is 0 Å². The van der Waals surface area contributed by atoms with Gasteiger partial charge in [0.2, 0.25) is 0 Å². The molecular weight excluding hydrogens is 155 g/mol. The number of alkyl halides is 2. The Morgan fingerprint density at radius 2 is 1.88 bits per heavy atom. The van der Waals surface area contributed by atoms with Crippen molar-refractivity contribution in [2.45, 2.75) is 0 Å². The van der Waals surface area contributed by atoms with E-state index in [2.05, 4.69) is 4.74 Å². The summed E-state index contributed by atoms with van der Waals surface area (Å²) in [4.78, 5) is 9.15. The third-order valence-electron chi connectivity index (χ3n) is 0.175. The molecule has 0 amide bonds. The van der Waals surface area contributed by atoms with Crippen LogP contribution in [0.15, 0.2) is 0 Å². The second kappa shape index (κ2) is 9.97. The average molecular weight is 161 g/mol. The van der Waals surface area contributed by atoms with Crippen LogP contribution in [0.2, 0.25) is 0 Å². The molecule has 50 valence electrons. The van der Waals surface area contributed by atoms with Gasteiger partial charge in [-0.2, -0.15) is 0 Å². The molecule has 0 fully saturated rings. The molecule has 1 N–H and O–H groups in total. The first-order chi connectivity index (χ1) is 3.68. The van der Waals surface area contributed by atoms with Gasteiger partial charge in [0.15, 0.2) is 0 Å². The lowest BCUT2D eigenvalue weighted by Crippen LogP contribution is -1.91. The molecule has 0 saturated heterocycles. The minimum atomic E-state index is -1.25. The van der Waals surface area contributed by atoms with Gasteiger partial charge < -0.3 is 9.84 Å². The number of carbonyl (C=O) groups is 1. The van der Waals surface area contributed by atoms with Crippen LogP contribution < -0.4 is 0 Å². The molecule has 0 rings (SSSR count). The SMILES string of the molecule is COC(=O)O.ClCCl. The van der Waals surface area contributed by atoms with Crippen molar-refractivity contribution in [3.05, 3.63) is 0 Å². The molecule has 0 aromatic carbocycles. The zero-order chi connectivity index (χ0) is 6.99. The van der Waals surface area contributed by atoms with Crippen molar-refractivity contribution in [1.29, 1.82) is 0 Å². The first-order valence-electron chi connectivity index (χ1n) is 1.57. The summed E-state index contributed by atoms with van der Waals surface area (Å²) in [5.41, 5.74) is 0. The Morgan fingerprint density at radius 3 is 1.88 bits per heavy atom. The molecule has 8 heavy (non-hydrogen) atoms. The van der Waals surface area contributed by atoms with E-state index in [0.29, 0.717) is 0 Å². The zero-order valence-corrected chi connectivity index (χ0v) is 5.74. The van der Waals surface area contributed by atoms with Gasteiger partial charge in [0.1, 0.15) is 0 Å². The van der Waals surface area contributed by atoms with Crippen LogP contribution in [0.3, 0.4) is 0 Å². The molecule has 0 radical (unpaired) electrons. The van der Waals surface area contributed by atoms with Crippen LogP contribution >= 0.6 is 23.2 Å². The Kier molecular flexibility index (Phi) is 13.4. The van der Waals surface area contributed by atoms with E-state index in [9.17, 15) is 0 Å². The molecule has 0 aliphatic rings.